The van der Waals surface area contributed by atoms with Crippen LogP contribution >= 0.6 is 0 Å². The molecule has 23 heavy (non-hydrogen) atoms. The molecule has 0 spiro atoms. The number of hydrogen-bond donors (Lipinski definition) is 0. The van der Waals surface area contributed by atoms with Crippen LogP contribution in [0.5, 0.6) is 0 Å². The van der Waals surface area contributed by atoms with Crippen molar-refractivity contribution in [2.45, 2.75) is 40.0 Å². The molecule has 2 aromatic carbocycles. The third-order valence-electron chi connectivity index (χ3n) is 4.49. The van der Waals surface area contributed by atoms with Crippen molar-refractivity contribution in [2.24, 2.45) is 0 Å². The highest BCUT2D eigenvalue weighted by Crippen LogP contribution is 2.35. The first kappa shape index (κ1) is 15.6. The van der Waals surface area contributed by atoms with E-state index >= 15 is 0 Å². The highest BCUT2D eigenvalue weighted by Gasteiger charge is 2.17. The minimum absolute atomic E-state index is 1.17. The maximum absolute atomic E-state index is 2.39. The Bertz CT molecular complexity index is 720. The largest absolute Gasteiger partial charge is 0.311 e. The molecule has 1 aliphatic carbocycles. The molecule has 0 bridgehead atoms. The number of anilines is 2. The van der Waals surface area contributed by atoms with Crippen molar-refractivity contribution in [3.63, 3.8) is 0 Å². The number of hydrogen-bond acceptors (Lipinski definition) is 1. The van der Waals surface area contributed by atoms with Crippen LogP contribution in [0.25, 0.3) is 0 Å². The van der Waals surface area contributed by atoms with E-state index in [1.54, 1.807) is 0 Å². The van der Waals surface area contributed by atoms with Crippen LogP contribution in [-0.4, -0.2) is 0 Å². The first-order valence-corrected chi connectivity index (χ1v) is 8.44. The molecule has 0 aliphatic heterocycles. The summed E-state index contributed by atoms with van der Waals surface area (Å²) < 4.78 is 0. The molecule has 0 N–H and O–H groups in total. The lowest BCUT2D eigenvalue weighted by molar-refractivity contribution is 0.811. The summed E-state index contributed by atoms with van der Waals surface area (Å²) >= 11 is 0. The van der Waals surface area contributed by atoms with Gasteiger partial charge in [0, 0.05) is 17.1 Å². The lowest BCUT2D eigenvalue weighted by Crippen LogP contribution is -2.16. The summed E-state index contributed by atoms with van der Waals surface area (Å²) in [6.45, 7) is 6.66. The third-order valence-corrected chi connectivity index (χ3v) is 4.49. The summed E-state index contributed by atoms with van der Waals surface area (Å²) in [6.07, 6.45) is 5.97. The van der Waals surface area contributed by atoms with E-state index in [0.717, 1.165) is 0 Å². The lowest BCUT2D eigenvalue weighted by atomic mass is 10.1. The average Bonchev–Trinajstić information content (AvgIpc) is 2.72. The Hall–Kier alpha value is -2.28. The topological polar surface area (TPSA) is 3.24 Å². The van der Waals surface area contributed by atoms with E-state index in [1.165, 1.54) is 53.0 Å². The molecule has 1 heteroatoms. The normalized spacial score (nSPS) is 15.2. The van der Waals surface area contributed by atoms with E-state index in [1.807, 2.05) is 0 Å². The zero-order valence-corrected chi connectivity index (χ0v) is 14.3. The van der Waals surface area contributed by atoms with Crippen molar-refractivity contribution in [1.29, 1.82) is 0 Å². The monoisotopic (exact) mass is 303 g/mol. The number of para-hydroxylation sites is 1. The number of aryl methyl sites for hydroxylation is 1. The van der Waals surface area contributed by atoms with Crippen molar-refractivity contribution in [3.8, 4) is 0 Å². The predicted molar refractivity (Wildman–Crippen MR) is 100 cm³/mol. The molecule has 0 saturated heterocycles. The Morgan fingerprint density at radius 3 is 2.09 bits per heavy atom. The van der Waals surface area contributed by atoms with Gasteiger partial charge in [0.15, 0.2) is 0 Å². The maximum Gasteiger partial charge on any atom is 0.0461 e. The SMILES string of the molecule is CC1=CC(N(c2ccccc2)c2ccc(C)cc2)=C(C)CCC1. The van der Waals surface area contributed by atoms with Gasteiger partial charge in [-0.25, -0.2) is 0 Å². The average molecular weight is 303 g/mol. The van der Waals surface area contributed by atoms with Crippen LogP contribution in [0.2, 0.25) is 0 Å². The van der Waals surface area contributed by atoms with Crippen LogP contribution in [-0.2, 0) is 0 Å². The quantitative estimate of drug-likeness (QED) is 0.622. The van der Waals surface area contributed by atoms with Gasteiger partial charge >= 0.3 is 0 Å². The van der Waals surface area contributed by atoms with Gasteiger partial charge in [0.05, 0.1) is 0 Å². The van der Waals surface area contributed by atoms with Gasteiger partial charge in [-0.15, -0.1) is 0 Å². The molecule has 0 heterocycles. The van der Waals surface area contributed by atoms with Crippen molar-refractivity contribution >= 4 is 11.4 Å². The second-order valence-electron chi connectivity index (χ2n) is 6.52. The first-order chi connectivity index (χ1) is 11.1. The van der Waals surface area contributed by atoms with E-state index in [-0.39, 0.29) is 0 Å². The van der Waals surface area contributed by atoms with Gasteiger partial charge < -0.3 is 4.90 Å². The molecule has 0 atom stereocenters. The van der Waals surface area contributed by atoms with Gasteiger partial charge in [-0.1, -0.05) is 41.5 Å². The summed E-state index contributed by atoms with van der Waals surface area (Å²) in [5.41, 5.74) is 7.99. The number of rotatable bonds is 3. The molecule has 3 rings (SSSR count). The highest BCUT2D eigenvalue weighted by molar-refractivity contribution is 5.71. The Kier molecular flexibility index (Phi) is 4.66. The minimum Gasteiger partial charge on any atom is -0.311 e. The lowest BCUT2D eigenvalue weighted by Gasteiger charge is -2.28. The predicted octanol–water partition coefficient (Wildman–Crippen LogP) is 6.54. The molecule has 1 aliphatic rings. The summed E-state index contributed by atoms with van der Waals surface area (Å²) in [7, 11) is 0. The zero-order chi connectivity index (χ0) is 16.2. The standard InChI is InChI=1S/C22H25N/c1-17-12-14-21(15-13-17)23(20-10-5-4-6-11-20)22-16-18(2)8-7-9-19(22)3/h4-6,10-16H,7-9H2,1-3H3. The van der Waals surface area contributed by atoms with Gasteiger partial charge in [-0.05, 0) is 75.9 Å². The van der Waals surface area contributed by atoms with Crippen LogP contribution in [0, 0.1) is 6.92 Å². The molecular formula is C22H25N. The van der Waals surface area contributed by atoms with Crippen molar-refractivity contribution in [3.05, 3.63) is 83.1 Å². The Morgan fingerprint density at radius 2 is 1.39 bits per heavy atom. The Morgan fingerprint density at radius 1 is 0.739 bits per heavy atom. The van der Waals surface area contributed by atoms with Gasteiger partial charge in [0.25, 0.3) is 0 Å². The molecule has 0 saturated carbocycles. The van der Waals surface area contributed by atoms with Gasteiger partial charge in [-0.2, -0.15) is 0 Å². The fourth-order valence-electron chi connectivity index (χ4n) is 3.14. The van der Waals surface area contributed by atoms with Crippen molar-refractivity contribution in [2.75, 3.05) is 4.90 Å². The van der Waals surface area contributed by atoms with Gasteiger partial charge in [0.1, 0.15) is 0 Å². The second-order valence-corrected chi connectivity index (χ2v) is 6.52. The van der Waals surface area contributed by atoms with Crippen molar-refractivity contribution < 1.29 is 0 Å². The Balaban J connectivity index is 2.15. The molecule has 0 radical (unpaired) electrons. The summed E-state index contributed by atoms with van der Waals surface area (Å²) in [6, 6.07) is 19.5. The zero-order valence-electron chi connectivity index (χ0n) is 14.3. The molecule has 0 aromatic heterocycles. The van der Waals surface area contributed by atoms with Crippen LogP contribution in [0.3, 0.4) is 0 Å². The van der Waals surface area contributed by atoms with Crippen LogP contribution < -0.4 is 4.90 Å². The fourth-order valence-corrected chi connectivity index (χ4v) is 3.14. The van der Waals surface area contributed by atoms with Gasteiger partial charge in [0.2, 0.25) is 0 Å². The van der Waals surface area contributed by atoms with Gasteiger partial charge in [-0.3, -0.25) is 0 Å². The molecule has 118 valence electrons. The minimum atomic E-state index is 1.17. The van der Waals surface area contributed by atoms with E-state index in [9.17, 15) is 0 Å². The maximum atomic E-state index is 2.39. The summed E-state index contributed by atoms with van der Waals surface area (Å²) in [4.78, 5) is 2.39. The fraction of sp³-hybridized carbons (Fsp3) is 0.273. The first-order valence-electron chi connectivity index (χ1n) is 8.44. The Labute approximate surface area is 140 Å². The molecule has 0 amide bonds. The van der Waals surface area contributed by atoms with Crippen LogP contribution in [0.1, 0.15) is 38.7 Å². The summed E-state index contributed by atoms with van der Waals surface area (Å²) in [5, 5.41) is 0. The molecule has 0 fully saturated rings. The third kappa shape index (κ3) is 3.56. The van der Waals surface area contributed by atoms with Crippen LogP contribution in [0.15, 0.2) is 77.5 Å². The molecule has 2 aromatic rings. The van der Waals surface area contributed by atoms with E-state index in [0.29, 0.717) is 0 Å². The molecule has 0 unspecified atom stereocenters. The van der Waals surface area contributed by atoms with E-state index < -0.39 is 0 Å². The molecule has 1 nitrogen and oxygen atoms in total. The molecular weight excluding hydrogens is 278 g/mol. The summed E-state index contributed by atoms with van der Waals surface area (Å²) in [5.74, 6) is 0. The number of nitrogens with zero attached hydrogens (tertiary/aromatic N) is 1. The van der Waals surface area contributed by atoms with Crippen LogP contribution in [0.4, 0.5) is 11.4 Å². The van der Waals surface area contributed by atoms with E-state index in [4.69, 9.17) is 0 Å². The smallest absolute Gasteiger partial charge is 0.0461 e. The second kappa shape index (κ2) is 6.87. The highest BCUT2D eigenvalue weighted by atomic mass is 15.1. The number of allylic oxidation sites excluding steroid dienone is 3. The van der Waals surface area contributed by atoms with E-state index in [2.05, 4.69) is 86.3 Å². The van der Waals surface area contributed by atoms with Crippen molar-refractivity contribution in [1.82, 2.24) is 0 Å². The number of benzene rings is 2.